The third kappa shape index (κ3) is 2.30. The van der Waals surface area contributed by atoms with Gasteiger partial charge in [-0.2, -0.15) is 5.10 Å². The summed E-state index contributed by atoms with van der Waals surface area (Å²) in [6.07, 6.45) is 1.80. The summed E-state index contributed by atoms with van der Waals surface area (Å²) < 4.78 is 0. The first-order valence-electron chi connectivity index (χ1n) is 3.90. The van der Waals surface area contributed by atoms with E-state index in [9.17, 15) is 0 Å². The second-order valence-corrected chi connectivity index (χ2v) is 3.39. The molecule has 0 aromatic carbocycles. The lowest BCUT2D eigenvalue weighted by molar-refractivity contribution is 0.375. The Labute approximate surface area is 76.7 Å². The average Bonchev–Trinajstić information content (AvgIpc) is 2.56. The highest BCUT2D eigenvalue weighted by molar-refractivity contribution is 7.11. The van der Waals surface area contributed by atoms with Crippen molar-refractivity contribution < 1.29 is 0 Å². The minimum atomic E-state index is 0.919. The highest BCUT2D eigenvalue weighted by Crippen LogP contribution is 2.05. The first-order chi connectivity index (χ1) is 5.74. The Bertz CT molecular complexity index is 253. The van der Waals surface area contributed by atoms with Crippen molar-refractivity contribution in [2.24, 2.45) is 5.10 Å². The van der Waals surface area contributed by atoms with Crippen molar-refractivity contribution in [3.05, 3.63) is 16.6 Å². The molecular formula is C8H13N3S. The predicted molar refractivity (Wildman–Crippen MR) is 52.6 cm³/mol. The number of hydrazone groups is 1. The molecule has 0 spiro atoms. The summed E-state index contributed by atoms with van der Waals surface area (Å²) in [4.78, 5) is 4.16. The molecule has 1 aromatic rings. The molecule has 0 radical (unpaired) electrons. The van der Waals surface area contributed by atoms with Crippen LogP contribution in [0.3, 0.4) is 0 Å². The SMILES string of the molecule is CCN(C)/N=C(/C)c1nccs1. The Balaban J connectivity index is 2.71. The topological polar surface area (TPSA) is 28.5 Å². The largest absolute Gasteiger partial charge is 0.300 e. The normalized spacial score (nSPS) is 11.8. The van der Waals surface area contributed by atoms with Crippen molar-refractivity contribution in [1.29, 1.82) is 0 Å². The molecule has 3 nitrogen and oxygen atoms in total. The van der Waals surface area contributed by atoms with E-state index in [2.05, 4.69) is 17.0 Å². The lowest BCUT2D eigenvalue weighted by Crippen LogP contribution is -2.12. The van der Waals surface area contributed by atoms with Crippen molar-refractivity contribution in [2.75, 3.05) is 13.6 Å². The molecule has 0 aliphatic rings. The van der Waals surface area contributed by atoms with E-state index >= 15 is 0 Å². The summed E-state index contributed by atoms with van der Waals surface area (Å²) in [6.45, 7) is 4.96. The van der Waals surface area contributed by atoms with Crippen molar-refractivity contribution >= 4 is 17.0 Å². The van der Waals surface area contributed by atoms with Gasteiger partial charge in [0.2, 0.25) is 0 Å². The van der Waals surface area contributed by atoms with Gasteiger partial charge in [0.15, 0.2) is 0 Å². The summed E-state index contributed by atoms with van der Waals surface area (Å²) in [5, 5.41) is 9.19. The predicted octanol–water partition coefficient (Wildman–Crippen LogP) is 1.82. The molecule has 0 saturated carbocycles. The smallest absolute Gasteiger partial charge is 0.139 e. The summed E-state index contributed by atoms with van der Waals surface area (Å²) in [5.41, 5.74) is 0.981. The molecule has 1 heterocycles. The van der Waals surface area contributed by atoms with Gasteiger partial charge in [-0.3, -0.25) is 0 Å². The van der Waals surface area contributed by atoms with Gasteiger partial charge in [0.05, 0.1) is 5.71 Å². The van der Waals surface area contributed by atoms with Gasteiger partial charge in [-0.05, 0) is 13.8 Å². The van der Waals surface area contributed by atoms with Crippen LogP contribution in [-0.4, -0.2) is 29.3 Å². The Morgan fingerprint density at radius 1 is 1.75 bits per heavy atom. The number of hydrogen-bond donors (Lipinski definition) is 0. The van der Waals surface area contributed by atoms with Crippen LogP contribution in [0.5, 0.6) is 0 Å². The van der Waals surface area contributed by atoms with E-state index in [0.717, 1.165) is 17.3 Å². The maximum atomic E-state index is 4.34. The molecule has 0 N–H and O–H groups in total. The van der Waals surface area contributed by atoms with Crippen molar-refractivity contribution in [1.82, 2.24) is 9.99 Å². The van der Waals surface area contributed by atoms with E-state index < -0.39 is 0 Å². The molecule has 1 aromatic heterocycles. The van der Waals surface area contributed by atoms with Gasteiger partial charge in [-0.25, -0.2) is 4.98 Å². The summed E-state index contributed by atoms with van der Waals surface area (Å²) >= 11 is 1.61. The third-order valence-corrected chi connectivity index (χ3v) is 2.40. The number of thiazole rings is 1. The molecule has 0 fully saturated rings. The van der Waals surface area contributed by atoms with Crippen molar-refractivity contribution in [3.8, 4) is 0 Å². The maximum absolute atomic E-state index is 4.34. The minimum absolute atomic E-state index is 0.919. The molecule has 0 saturated heterocycles. The lowest BCUT2D eigenvalue weighted by Gasteiger charge is -2.09. The first kappa shape index (κ1) is 9.19. The van der Waals surface area contributed by atoms with Gasteiger partial charge in [0.25, 0.3) is 0 Å². The van der Waals surface area contributed by atoms with Crippen molar-refractivity contribution in [3.63, 3.8) is 0 Å². The monoisotopic (exact) mass is 183 g/mol. The van der Waals surface area contributed by atoms with Gasteiger partial charge in [0, 0.05) is 25.2 Å². The van der Waals surface area contributed by atoms with E-state index in [1.807, 2.05) is 24.4 Å². The molecule has 0 aliphatic carbocycles. The summed E-state index contributed by atoms with van der Waals surface area (Å²) in [7, 11) is 1.96. The average molecular weight is 183 g/mol. The zero-order valence-corrected chi connectivity index (χ0v) is 8.43. The standard InChI is InChI=1S/C8H13N3S/c1-4-11(3)10-7(2)8-9-5-6-12-8/h5-6H,4H2,1-3H3/b10-7-. The van der Waals surface area contributed by atoms with Gasteiger partial charge in [-0.1, -0.05) is 0 Å². The summed E-state index contributed by atoms with van der Waals surface area (Å²) in [5.74, 6) is 0. The van der Waals surface area contributed by atoms with Crippen LogP contribution < -0.4 is 0 Å². The molecule has 66 valence electrons. The molecule has 0 amide bonds. The van der Waals surface area contributed by atoms with Crippen LogP contribution in [0.4, 0.5) is 0 Å². The Morgan fingerprint density at radius 2 is 2.50 bits per heavy atom. The van der Waals surface area contributed by atoms with Crippen LogP contribution in [0.2, 0.25) is 0 Å². The maximum Gasteiger partial charge on any atom is 0.139 e. The Hall–Kier alpha value is -0.900. The fourth-order valence-corrected chi connectivity index (χ4v) is 1.36. The minimum Gasteiger partial charge on any atom is -0.300 e. The molecule has 4 heteroatoms. The number of hydrogen-bond acceptors (Lipinski definition) is 4. The molecule has 1 rings (SSSR count). The fraction of sp³-hybridized carbons (Fsp3) is 0.500. The zero-order chi connectivity index (χ0) is 8.97. The number of aromatic nitrogens is 1. The highest BCUT2D eigenvalue weighted by atomic mass is 32.1. The number of rotatable bonds is 3. The van der Waals surface area contributed by atoms with Gasteiger partial charge in [0.1, 0.15) is 5.01 Å². The molecule has 0 aliphatic heterocycles. The van der Waals surface area contributed by atoms with Crippen LogP contribution in [0, 0.1) is 0 Å². The van der Waals surface area contributed by atoms with Crippen LogP contribution in [0.15, 0.2) is 16.7 Å². The highest BCUT2D eigenvalue weighted by Gasteiger charge is 1.99. The Kier molecular flexibility index (Phi) is 3.22. The van der Waals surface area contributed by atoms with E-state index in [4.69, 9.17) is 0 Å². The second-order valence-electron chi connectivity index (χ2n) is 2.50. The quantitative estimate of drug-likeness (QED) is 0.528. The molecule has 0 unspecified atom stereocenters. The third-order valence-electron chi connectivity index (χ3n) is 1.52. The van der Waals surface area contributed by atoms with Gasteiger partial charge >= 0.3 is 0 Å². The zero-order valence-electron chi connectivity index (χ0n) is 7.61. The van der Waals surface area contributed by atoms with E-state index in [0.29, 0.717) is 0 Å². The van der Waals surface area contributed by atoms with Crippen LogP contribution in [-0.2, 0) is 0 Å². The molecule has 0 atom stereocenters. The van der Waals surface area contributed by atoms with Crippen LogP contribution >= 0.6 is 11.3 Å². The van der Waals surface area contributed by atoms with Crippen LogP contribution in [0.25, 0.3) is 0 Å². The van der Waals surface area contributed by atoms with Gasteiger partial charge < -0.3 is 5.01 Å². The lowest BCUT2D eigenvalue weighted by atomic mass is 10.4. The van der Waals surface area contributed by atoms with E-state index in [1.54, 1.807) is 17.5 Å². The molecule has 0 bridgehead atoms. The summed E-state index contributed by atoms with van der Waals surface area (Å²) in [6, 6.07) is 0. The molecule has 12 heavy (non-hydrogen) atoms. The Morgan fingerprint density at radius 3 is 3.00 bits per heavy atom. The fourth-order valence-electron chi connectivity index (χ4n) is 0.772. The van der Waals surface area contributed by atoms with Crippen molar-refractivity contribution in [2.45, 2.75) is 13.8 Å². The van der Waals surface area contributed by atoms with E-state index in [1.165, 1.54) is 0 Å². The molecular weight excluding hydrogens is 170 g/mol. The number of nitrogens with zero attached hydrogens (tertiary/aromatic N) is 3. The van der Waals surface area contributed by atoms with Crippen LogP contribution in [0.1, 0.15) is 18.9 Å². The van der Waals surface area contributed by atoms with E-state index in [-0.39, 0.29) is 0 Å². The first-order valence-corrected chi connectivity index (χ1v) is 4.78. The second kappa shape index (κ2) is 4.21. The van der Waals surface area contributed by atoms with Gasteiger partial charge in [-0.15, -0.1) is 11.3 Å².